The quantitative estimate of drug-likeness (QED) is 0.606. The molecule has 2 aliphatic rings. The minimum absolute atomic E-state index is 0.175. The maximum absolute atomic E-state index is 12.8. The highest BCUT2D eigenvalue weighted by atomic mass is 16.8. The molecule has 176 valence electrons. The molecule has 1 aromatic heterocycles. The maximum Gasteiger partial charge on any atom is 0.315 e. The summed E-state index contributed by atoms with van der Waals surface area (Å²) in [5.74, 6) is -2.12. The normalized spacial score (nSPS) is 26.4. The second-order valence-electron chi connectivity index (χ2n) is 8.35. The van der Waals surface area contributed by atoms with Crippen molar-refractivity contribution in [1.82, 2.24) is 4.98 Å². The molecule has 3 heterocycles. The number of aromatic nitrogens is 1. The van der Waals surface area contributed by atoms with E-state index >= 15 is 0 Å². The predicted molar refractivity (Wildman–Crippen MR) is 117 cm³/mol. The van der Waals surface area contributed by atoms with E-state index in [1.54, 1.807) is 45.2 Å². The van der Waals surface area contributed by atoms with Gasteiger partial charge in [-0.3, -0.25) is 9.78 Å². The summed E-state index contributed by atoms with van der Waals surface area (Å²) in [6, 6.07) is 14.8. The molecular weight excluding hydrogens is 426 g/mol. The van der Waals surface area contributed by atoms with E-state index in [0.717, 1.165) is 5.56 Å². The lowest BCUT2D eigenvalue weighted by Crippen LogP contribution is -2.32. The van der Waals surface area contributed by atoms with Crippen molar-refractivity contribution in [2.24, 2.45) is 5.92 Å². The Morgan fingerprint density at radius 3 is 2.64 bits per heavy atom. The number of carbonyl (C=O) groups is 1. The summed E-state index contributed by atoms with van der Waals surface area (Å²) in [6.45, 7) is 5.80. The van der Waals surface area contributed by atoms with E-state index in [0.29, 0.717) is 18.1 Å². The van der Waals surface area contributed by atoms with Crippen LogP contribution in [0.1, 0.15) is 38.1 Å². The van der Waals surface area contributed by atoms with Crippen LogP contribution in [-0.4, -0.2) is 47.0 Å². The van der Waals surface area contributed by atoms with Crippen LogP contribution in [0.4, 0.5) is 0 Å². The summed E-state index contributed by atoms with van der Waals surface area (Å²) in [4.78, 5) is 16.9. The average molecular weight is 456 g/mol. The Kier molecular flexibility index (Phi) is 7.09. The molecule has 0 amide bonds. The zero-order valence-electron chi connectivity index (χ0n) is 18.9. The second-order valence-corrected chi connectivity index (χ2v) is 8.35. The van der Waals surface area contributed by atoms with Gasteiger partial charge in [-0.25, -0.2) is 0 Å². The van der Waals surface area contributed by atoms with Crippen molar-refractivity contribution in [3.05, 3.63) is 77.8 Å². The lowest BCUT2D eigenvalue weighted by Gasteiger charge is -2.24. The monoisotopic (exact) mass is 455 g/mol. The number of carbonyl (C=O) groups excluding carboxylic acids is 1. The number of esters is 1. The molecule has 4 rings (SSSR count). The smallest absolute Gasteiger partial charge is 0.315 e. The number of hydrogen-bond donors (Lipinski definition) is 1. The second kappa shape index (κ2) is 10.0. The Morgan fingerprint density at radius 2 is 1.94 bits per heavy atom. The number of fused-ring (bicyclic) bond motifs is 1. The summed E-state index contributed by atoms with van der Waals surface area (Å²) in [5.41, 5.74) is 1.33. The third-order valence-electron chi connectivity index (χ3n) is 5.43. The zero-order chi connectivity index (χ0) is 23.4. The van der Waals surface area contributed by atoms with Crippen molar-refractivity contribution < 1.29 is 33.6 Å². The molecule has 2 aliphatic heterocycles. The molecule has 0 spiro atoms. The van der Waals surface area contributed by atoms with Crippen LogP contribution >= 0.6 is 0 Å². The molecule has 8 nitrogen and oxygen atoms in total. The largest absolute Gasteiger partial charge is 0.465 e. The number of ether oxygens (including phenoxy) is 5. The summed E-state index contributed by atoms with van der Waals surface area (Å²) in [7, 11) is 0. The fourth-order valence-electron chi connectivity index (χ4n) is 3.93. The van der Waals surface area contributed by atoms with Crippen LogP contribution in [0.15, 0.2) is 66.6 Å². The lowest BCUT2D eigenvalue weighted by atomic mass is 9.97. The van der Waals surface area contributed by atoms with Crippen LogP contribution in [0.3, 0.4) is 0 Å². The van der Waals surface area contributed by atoms with Crippen LogP contribution in [0.2, 0.25) is 0 Å². The topological polar surface area (TPSA) is 96.3 Å². The van der Waals surface area contributed by atoms with E-state index in [9.17, 15) is 9.90 Å². The average Bonchev–Trinajstić information content (AvgIpc) is 3.27. The van der Waals surface area contributed by atoms with Gasteiger partial charge in [-0.1, -0.05) is 36.4 Å². The molecule has 1 aromatic carbocycles. The Hall–Kier alpha value is -2.78. The van der Waals surface area contributed by atoms with Crippen LogP contribution in [0.25, 0.3) is 0 Å². The summed E-state index contributed by atoms with van der Waals surface area (Å²) >= 11 is 0. The molecule has 8 heteroatoms. The van der Waals surface area contributed by atoms with E-state index in [1.807, 2.05) is 30.3 Å². The maximum atomic E-state index is 12.8. The first-order valence-electron chi connectivity index (χ1n) is 11.0. The molecule has 0 saturated carbocycles. The molecule has 33 heavy (non-hydrogen) atoms. The van der Waals surface area contributed by atoms with Crippen molar-refractivity contribution >= 4 is 5.97 Å². The highest BCUT2D eigenvalue weighted by Gasteiger charge is 2.54. The first-order valence-corrected chi connectivity index (χ1v) is 11.0. The SMILES string of the molecule is CCOC(=O)C(/C=C1\O[C@@H]2OC(C)(C)O[C@@H]2[C@H]1OCc1ccccc1)C(O)c1ccccn1. The number of rotatable bonds is 8. The van der Waals surface area contributed by atoms with Crippen molar-refractivity contribution in [3.63, 3.8) is 0 Å². The minimum Gasteiger partial charge on any atom is -0.465 e. The van der Waals surface area contributed by atoms with Gasteiger partial charge >= 0.3 is 5.97 Å². The standard InChI is InChI=1S/C25H29NO7/c1-4-29-23(28)17(20(27)18-12-8-9-13-26-18)14-19-21(30-15-16-10-6-5-7-11-16)22-24(31-19)33-25(2,3)32-22/h5-14,17,20-22,24,27H,4,15H2,1-3H3/b19-14-/t17?,20?,21-,22+,24+/m0/s1. The molecular formula is C25H29NO7. The van der Waals surface area contributed by atoms with Gasteiger partial charge in [0, 0.05) is 6.20 Å². The van der Waals surface area contributed by atoms with Gasteiger partial charge < -0.3 is 28.8 Å². The molecule has 2 unspecified atom stereocenters. The van der Waals surface area contributed by atoms with Crippen molar-refractivity contribution in [1.29, 1.82) is 0 Å². The van der Waals surface area contributed by atoms with Gasteiger partial charge in [0.15, 0.2) is 11.9 Å². The van der Waals surface area contributed by atoms with E-state index < -0.39 is 42.3 Å². The van der Waals surface area contributed by atoms with E-state index in [2.05, 4.69) is 4.98 Å². The van der Waals surface area contributed by atoms with Crippen molar-refractivity contribution in [2.45, 2.75) is 57.8 Å². The third-order valence-corrected chi connectivity index (χ3v) is 5.43. The van der Waals surface area contributed by atoms with Crippen molar-refractivity contribution in [3.8, 4) is 0 Å². The van der Waals surface area contributed by atoms with Gasteiger partial charge in [0.05, 0.1) is 18.9 Å². The number of nitrogens with zero attached hydrogens (tertiary/aromatic N) is 1. The number of aliphatic hydroxyl groups excluding tert-OH is 1. The molecule has 2 aromatic rings. The zero-order valence-corrected chi connectivity index (χ0v) is 18.9. The fraction of sp³-hybridized carbons (Fsp3) is 0.440. The molecule has 1 N–H and O–H groups in total. The van der Waals surface area contributed by atoms with E-state index in [4.69, 9.17) is 23.7 Å². The van der Waals surface area contributed by atoms with Crippen LogP contribution in [0.5, 0.6) is 0 Å². The molecule has 5 atom stereocenters. The number of aliphatic hydroxyl groups is 1. The van der Waals surface area contributed by atoms with E-state index in [1.165, 1.54) is 6.08 Å². The highest BCUT2D eigenvalue weighted by molar-refractivity contribution is 5.75. The summed E-state index contributed by atoms with van der Waals surface area (Å²) in [6.07, 6.45) is 0.0108. The first-order chi connectivity index (χ1) is 15.9. The Bertz CT molecular complexity index is 963. The van der Waals surface area contributed by atoms with E-state index in [-0.39, 0.29) is 6.61 Å². The Labute approximate surface area is 193 Å². The van der Waals surface area contributed by atoms with Crippen LogP contribution in [-0.2, 0) is 35.1 Å². The minimum atomic E-state index is -1.23. The van der Waals surface area contributed by atoms with Crippen LogP contribution < -0.4 is 0 Å². The van der Waals surface area contributed by atoms with Gasteiger partial charge in [0.2, 0.25) is 6.29 Å². The Balaban J connectivity index is 1.62. The van der Waals surface area contributed by atoms with Gasteiger partial charge in [-0.2, -0.15) is 0 Å². The summed E-state index contributed by atoms with van der Waals surface area (Å²) < 4.78 is 29.3. The number of benzene rings is 1. The molecule has 0 aliphatic carbocycles. The fourth-order valence-corrected chi connectivity index (χ4v) is 3.93. The molecule has 0 bridgehead atoms. The lowest BCUT2D eigenvalue weighted by molar-refractivity contribution is -0.192. The molecule has 0 radical (unpaired) electrons. The van der Waals surface area contributed by atoms with Crippen molar-refractivity contribution in [2.75, 3.05) is 6.61 Å². The number of pyridine rings is 1. The Morgan fingerprint density at radius 1 is 1.18 bits per heavy atom. The third kappa shape index (κ3) is 5.42. The molecule has 2 saturated heterocycles. The van der Waals surface area contributed by atoms with Gasteiger partial charge in [-0.05, 0) is 44.5 Å². The van der Waals surface area contributed by atoms with Crippen LogP contribution in [0, 0.1) is 5.92 Å². The van der Waals surface area contributed by atoms with Gasteiger partial charge in [-0.15, -0.1) is 0 Å². The number of hydrogen-bond acceptors (Lipinski definition) is 8. The first kappa shape index (κ1) is 23.4. The summed E-state index contributed by atoms with van der Waals surface area (Å²) in [5, 5.41) is 11.0. The van der Waals surface area contributed by atoms with Gasteiger partial charge in [0.1, 0.15) is 23.9 Å². The molecule has 2 fully saturated rings. The highest BCUT2D eigenvalue weighted by Crippen LogP contribution is 2.41. The van der Waals surface area contributed by atoms with Gasteiger partial charge in [0.25, 0.3) is 0 Å². The predicted octanol–water partition coefficient (Wildman–Crippen LogP) is 3.27.